The van der Waals surface area contributed by atoms with Gasteiger partial charge < -0.3 is 11.1 Å². The lowest BCUT2D eigenvalue weighted by Gasteiger charge is -2.21. The molecular weight excluding hydrogens is 196 g/mol. The third kappa shape index (κ3) is 2.36. The van der Waals surface area contributed by atoms with Crippen molar-refractivity contribution in [2.45, 2.75) is 23.1 Å². The van der Waals surface area contributed by atoms with Crippen LogP contribution in [0.3, 0.4) is 0 Å². The van der Waals surface area contributed by atoms with Crippen LogP contribution in [0.2, 0.25) is 0 Å². The molecule has 1 atom stereocenters. The first kappa shape index (κ1) is 9.73. The summed E-state index contributed by atoms with van der Waals surface area (Å²) in [7, 11) is 0. The van der Waals surface area contributed by atoms with Crippen LogP contribution in [0.1, 0.15) is 12.8 Å². The van der Waals surface area contributed by atoms with Gasteiger partial charge in [0.2, 0.25) is 0 Å². The highest BCUT2D eigenvalue weighted by Crippen LogP contribution is 2.28. The fourth-order valence-corrected chi connectivity index (χ4v) is 2.60. The van der Waals surface area contributed by atoms with Crippen molar-refractivity contribution >= 4 is 17.6 Å². The molecule has 2 rings (SSSR count). The Balaban J connectivity index is 1.99. The Morgan fingerprint density at radius 3 is 3.00 bits per heavy atom. The van der Waals surface area contributed by atoms with Crippen molar-refractivity contribution in [1.82, 2.24) is 15.3 Å². The Hall–Kier alpha value is -0.810. The first-order valence-electron chi connectivity index (χ1n) is 4.80. The Morgan fingerprint density at radius 1 is 1.43 bits per heavy atom. The number of hydrogen-bond donors (Lipinski definition) is 2. The van der Waals surface area contributed by atoms with Crippen LogP contribution >= 0.6 is 11.8 Å². The van der Waals surface area contributed by atoms with Crippen LogP contribution in [0.5, 0.6) is 0 Å². The van der Waals surface area contributed by atoms with Crippen molar-refractivity contribution < 1.29 is 0 Å². The number of nitrogens with two attached hydrogens (primary N) is 1. The van der Waals surface area contributed by atoms with Gasteiger partial charge in [-0.1, -0.05) is 11.8 Å². The molecule has 76 valence electrons. The zero-order valence-corrected chi connectivity index (χ0v) is 8.76. The van der Waals surface area contributed by atoms with Gasteiger partial charge in [0.1, 0.15) is 5.03 Å². The van der Waals surface area contributed by atoms with Crippen molar-refractivity contribution in [3.8, 4) is 0 Å². The molecule has 1 aliphatic heterocycles. The second-order valence-electron chi connectivity index (χ2n) is 3.33. The number of anilines is 1. The van der Waals surface area contributed by atoms with Crippen LogP contribution in [-0.4, -0.2) is 28.3 Å². The van der Waals surface area contributed by atoms with E-state index in [1.165, 1.54) is 12.8 Å². The first-order valence-corrected chi connectivity index (χ1v) is 5.68. The maximum absolute atomic E-state index is 5.72. The SMILES string of the molecule is Nc1nccnc1SC1CCCNC1. The van der Waals surface area contributed by atoms with Crippen LogP contribution in [-0.2, 0) is 0 Å². The molecule has 0 amide bonds. The Morgan fingerprint density at radius 2 is 2.29 bits per heavy atom. The minimum absolute atomic E-state index is 0.545. The van der Waals surface area contributed by atoms with Crippen molar-refractivity contribution in [3.63, 3.8) is 0 Å². The molecule has 0 aliphatic carbocycles. The zero-order valence-electron chi connectivity index (χ0n) is 7.94. The lowest BCUT2D eigenvalue weighted by Crippen LogP contribution is -2.31. The third-order valence-corrected chi connectivity index (χ3v) is 3.49. The summed E-state index contributed by atoms with van der Waals surface area (Å²) in [5.41, 5.74) is 5.72. The minimum atomic E-state index is 0.545. The van der Waals surface area contributed by atoms with E-state index in [2.05, 4.69) is 15.3 Å². The summed E-state index contributed by atoms with van der Waals surface area (Å²) in [5, 5.41) is 4.81. The van der Waals surface area contributed by atoms with E-state index in [4.69, 9.17) is 5.73 Å². The Bertz CT molecular complexity index is 299. The van der Waals surface area contributed by atoms with E-state index in [1.807, 2.05) is 0 Å². The summed E-state index contributed by atoms with van der Waals surface area (Å²) in [6, 6.07) is 0. The van der Waals surface area contributed by atoms with Gasteiger partial charge in [0.05, 0.1) is 0 Å². The molecule has 14 heavy (non-hydrogen) atoms. The van der Waals surface area contributed by atoms with Gasteiger partial charge in [-0.3, -0.25) is 0 Å². The molecule has 1 fully saturated rings. The molecule has 2 heterocycles. The summed E-state index contributed by atoms with van der Waals surface area (Å²) >= 11 is 1.73. The number of hydrogen-bond acceptors (Lipinski definition) is 5. The van der Waals surface area contributed by atoms with Gasteiger partial charge in [-0.05, 0) is 19.4 Å². The molecule has 5 heteroatoms. The number of piperidine rings is 1. The lowest BCUT2D eigenvalue weighted by atomic mass is 10.2. The second kappa shape index (κ2) is 4.61. The highest BCUT2D eigenvalue weighted by Gasteiger charge is 2.16. The normalized spacial score (nSPS) is 22.1. The van der Waals surface area contributed by atoms with Gasteiger partial charge in [0.25, 0.3) is 0 Å². The Labute approximate surface area is 87.7 Å². The lowest BCUT2D eigenvalue weighted by molar-refractivity contribution is 0.531. The van der Waals surface area contributed by atoms with Gasteiger partial charge in [0.15, 0.2) is 5.82 Å². The number of nitrogens with one attached hydrogen (secondary N) is 1. The van der Waals surface area contributed by atoms with E-state index in [9.17, 15) is 0 Å². The van der Waals surface area contributed by atoms with Crippen LogP contribution in [0.25, 0.3) is 0 Å². The number of nitrogen functional groups attached to an aromatic ring is 1. The smallest absolute Gasteiger partial charge is 0.156 e. The maximum atomic E-state index is 5.72. The number of thioether (sulfide) groups is 1. The van der Waals surface area contributed by atoms with Gasteiger partial charge in [0, 0.05) is 24.2 Å². The number of aromatic nitrogens is 2. The number of rotatable bonds is 2. The van der Waals surface area contributed by atoms with E-state index >= 15 is 0 Å². The maximum Gasteiger partial charge on any atom is 0.156 e. The highest BCUT2D eigenvalue weighted by atomic mass is 32.2. The third-order valence-electron chi connectivity index (χ3n) is 2.22. The van der Waals surface area contributed by atoms with Gasteiger partial charge >= 0.3 is 0 Å². The van der Waals surface area contributed by atoms with E-state index in [0.29, 0.717) is 11.1 Å². The standard InChI is InChI=1S/C9H14N4S/c10-8-9(13-5-4-12-8)14-7-2-1-3-11-6-7/h4-5,7,11H,1-3,6H2,(H2,10,12). The zero-order chi connectivity index (χ0) is 9.80. The van der Waals surface area contributed by atoms with Crippen LogP contribution in [0.4, 0.5) is 5.82 Å². The molecule has 1 aromatic rings. The molecule has 1 aromatic heterocycles. The van der Waals surface area contributed by atoms with Crippen molar-refractivity contribution in [3.05, 3.63) is 12.4 Å². The monoisotopic (exact) mass is 210 g/mol. The summed E-state index contributed by atoms with van der Waals surface area (Å²) < 4.78 is 0. The summed E-state index contributed by atoms with van der Waals surface area (Å²) in [4.78, 5) is 8.24. The van der Waals surface area contributed by atoms with Crippen LogP contribution in [0.15, 0.2) is 17.4 Å². The molecule has 0 saturated carbocycles. The molecule has 0 spiro atoms. The number of nitrogens with zero attached hydrogens (tertiary/aromatic N) is 2. The molecule has 3 N–H and O–H groups in total. The molecule has 4 nitrogen and oxygen atoms in total. The minimum Gasteiger partial charge on any atom is -0.381 e. The average molecular weight is 210 g/mol. The largest absolute Gasteiger partial charge is 0.381 e. The fourth-order valence-electron chi connectivity index (χ4n) is 1.51. The van der Waals surface area contributed by atoms with Gasteiger partial charge in [-0.15, -0.1) is 0 Å². The topological polar surface area (TPSA) is 63.8 Å². The average Bonchev–Trinajstić information content (AvgIpc) is 2.23. The molecule has 0 aromatic carbocycles. The van der Waals surface area contributed by atoms with E-state index in [0.717, 1.165) is 18.1 Å². The predicted octanol–water partition coefficient (Wildman–Crippen LogP) is 0.903. The molecule has 1 unspecified atom stereocenters. The highest BCUT2D eigenvalue weighted by molar-refractivity contribution is 8.00. The molecule has 1 aliphatic rings. The molecule has 0 radical (unpaired) electrons. The Kier molecular flexibility index (Phi) is 3.21. The molecular formula is C9H14N4S. The van der Waals surface area contributed by atoms with Gasteiger partial charge in [-0.2, -0.15) is 0 Å². The van der Waals surface area contributed by atoms with E-state index in [1.54, 1.807) is 24.2 Å². The fraction of sp³-hybridized carbons (Fsp3) is 0.556. The van der Waals surface area contributed by atoms with Crippen molar-refractivity contribution in [2.24, 2.45) is 0 Å². The van der Waals surface area contributed by atoms with E-state index in [-0.39, 0.29) is 0 Å². The summed E-state index contributed by atoms with van der Waals surface area (Å²) in [5.74, 6) is 0.545. The summed E-state index contributed by atoms with van der Waals surface area (Å²) in [6.07, 6.45) is 5.78. The first-order chi connectivity index (χ1) is 6.86. The summed E-state index contributed by atoms with van der Waals surface area (Å²) in [6.45, 7) is 2.17. The second-order valence-corrected chi connectivity index (χ2v) is 4.62. The van der Waals surface area contributed by atoms with Gasteiger partial charge in [-0.25, -0.2) is 9.97 Å². The van der Waals surface area contributed by atoms with E-state index < -0.39 is 0 Å². The quantitative estimate of drug-likeness (QED) is 0.759. The van der Waals surface area contributed by atoms with Crippen LogP contribution in [0, 0.1) is 0 Å². The van der Waals surface area contributed by atoms with Crippen molar-refractivity contribution in [1.29, 1.82) is 0 Å². The molecule has 0 bridgehead atoms. The predicted molar refractivity (Wildman–Crippen MR) is 58.2 cm³/mol. The molecule has 1 saturated heterocycles. The van der Waals surface area contributed by atoms with Crippen LogP contribution < -0.4 is 11.1 Å². The van der Waals surface area contributed by atoms with Crippen molar-refractivity contribution in [2.75, 3.05) is 18.8 Å².